The maximum atomic E-state index is 8.96. The molecule has 5 atom stereocenters. The van der Waals surface area contributed by atoms with Gasteiger partial charge in [-0.25, -0.2) is 0 Å². The molecule has 2 saturated heterocycles. The van der Waals surface area contributed by atoms with Crippen LogP contribution in [0.15, 0.2) is 0 Å². The van der Waals surface area contributed by atoms with E-state index in [2.05, 4.69) is 16.3 Å². The molecule has 3 N–H and O–H groups in total. The Balaban J connectivity index is 1.64. The zero-order valence-corrected chi connectivity index (χ0v) is 13.4. The minimum atomic E-state index is 0.392. The number of ether oxygens (including phenoxy) is 1. The first-order valence-corrected chi connectivity index (χ1v) is 8.90. The second-order valence-corrected chi connectivity index (χ2v) is 7.01. The fraction of sp³-hybridized carbons (Fsp3) is 0.882. The van der Waals surface area contributed by atoms with Crippen LogP contribution < -0.4 is 5.32 Å². The number of fused-ring (bicyclic) bond motifs is 3. The number of piperidine rings is 1. The molecule has 3 fully saturated rings. The Labute approximate surface area is 133 Å². The molecule has 122 valence electrons. The first-order chi connectivity index (χ1) is 10.8. The molecule has 5 unspecified atom stereocenters. The quantitative estimate of drug-likeness (QED) is 0.562. The van der Waals surface area contributed by atoms with E-state index in [0.717, 1.165) is 31.2 Å². The number of nitrogens with zero attached hydrogens (tertiary/aromatic N) is 2. The van der Waals surface area contributed by atoms with Crippen LogP contribution in [0.1, 0.15) is 38.5 Å². The first kappa shape index (κ1) is 15.9. The molecule has 2 aliphatic heterocycles. The fourth-order valence-corrected chi connectivity index (χ4v) is 5.07. The minimum absolute atomic E-state index is 0.392. The van der Waals surface area contributed by atoms with E-state index in [4.69, 9.17) is 15.4 Å². The number of hydrogen-bond acceptors (Lipinski definition) is 4. The van der Waals surface area contributed by atoms with Gasteiger partial charge >= 0.3 is 0 Å². The summed E-state index contributed by atoms with van der Waals surface area (Å²) in [7, 11) is 0. The van der Waals surface area contributed by atoms with E-state index in [0.29, 0.717) is 31.2 Å². The molecule has 2 heterocycles. The van der Waals surface area contributed by atoms with Crippen LogP contribution in [-0.4, -0.2) is 55.5 Å². The Kier molecular flexibility index (Phi) is 5.46. The standard InChI is InChI=1S/C17H28N4O/c18-6-1-9-21-16-4-3-13(22-10-2-7-19)11-15(16)14-5-8-20-12-17(14)21/h7,13-17,19-20H,1-5,8-12H2/p+1. The lowest BCUT2D eigenvalue weighted by Gasteiger charge is -2.36. The Bertz CT molecular complexity index is 421. The lowest BCUT2D eigenvalue weighted by molar-refractivity contribution is -0.669. The molecular weight excluding hydrogens is 276 g/mol. The summed E-state index contributed by atoms with van der Waals surface area (Å²) in [5.74, 6) is 1.57. The SMILES string of the molecule is N#CCCN1C2CCC(OCCC=N)CC2C2CC[NH2+]CC21. The van der Waals surface area contributed by atoms with Gasteiger partial charge in [-0.05, 0) is 37.3 Å². The third-order valence-corrected chi connectivity index (χ3v) is 5.92. The third kappa shape index (κ3) is 3.19. The number of nitriles is 1. The molecule has 1 aliphatic carbocycles. The normalized spacial score (nSPS) is 38.0. The summed E-state index contributed by atoms with van der Waals surface area (Å²) in [6, 6.07) is 3.69. The summed E-state index contributed by atoms with van der Waals surface area (Å²) < 4.78 is 6.00. The molecule has 5 nitrogen and oxygen atoms in total. The molecule has 0 bridgehead atoms. The van der Waals surface area contributed by atoms with Crippen molar-refractivity contribution in [2.45, 2.75) is 56.7 Å². The number of nitrogens with one attached hydrogen (secondary N) is 1. The molecule has 5 heteroatoms. The Hall–Kier alpha value is -0.960. The predicted octanol–water partition coefficient (Wildman–Crippen LogP) is 0.761. The summed E-state index contributed by atoms with van der Waals surface area (Å²) >= 11 is 0. The summed E-state index contributed by atoms with van der Waals surface area (Å²) in [6.07, 6.45) is 8.10. The van der Waals surface area contributed by atoms with Crippen LogP contribution in [0.3, 0.4) is 0 Å². The van der Waals surface area contributed by atoms with Gasteiger partial charge in [-0.15, -0.1) is 0 Å². The zero-order valence-electron chi connectivity index (χ0n) is 13.4. The lowest BCUT2D eigenvalue weighted by atomic mass is 9.75. The summed E-state index contributed by atoms with van der Waals surface area (Å²) in [4.78, 5) is 2.67. The van der Waals surface area contributed by atoms with E-state index in [-0.39, 0.29) is 0 Å². The van der Waals surface area contributed by atoms with E-state index in [9.17, 15) is 0 Å². The average molecular weight is 305 g/mol. The van der Waals surface area contributed by atoms with E-state index < -0.39 is 0 Å². The highest BCUT2D eigenvalue weighted by Crippen LogP contribution is 2.45. The van der Waals surface area contributed by atoms with Crippen LogP contribution in [0.4, 0.5) is 0 Å². The average Bonchev–Trinajstić information content (AvgIpc) is 2.87. The van der Waals surface area contributed by atoms with Gasteiger partial charge in [-0.2, -0.15) is 5.26 Å². The minimum Gasteiger partial charge on any atom is -0.378 e. The van der Waals surface area contributed by atoms with Gasteiger partial charge in [0.05, 0.1) is 37.9 Å². The molecule has 0 aromatic carbocycles. The molecule has 3 aliphatic rings. The van der Waals surface area contributed by atoms with Crippen molar-refractivity contribution in [3.63, 3.8) is 0 Å². The van der Waals surface area contributed by atoms with Crippen molar-refractivity contribution in [1.29, 1.82) is 10.7 Å². The van der Waals surface area contributed by atoms with Crippen molar-refractivity contribution in [3.05, 3.63) is 0 Å². The molecule has 0 amide bonds. The third-order valence-electron chi connectivity index (χ3n) is 5.92. The summed E-state index contributed by atoms with van der Waals surface area (Å²) in [6.45, 7) is 4.12. The van der Waals surface area contributed by atoms with Crippen LogP contribution in [0, 0.1) is 28.6 Å². The second-order valence-electron chi connectivity index (χ2n) is 7.01. The highest BCUT2D eigenvalue weighted by Gasteiger charge is 2.52. The molecule has 0 radical (unpaired) electrons. The molecule has 0 aromatic rings. The van der Waals surface area contributed by atoms with Crippen molar-refractivity contribution < 1.29 is 10.1 Å². The van der Waals surface area contributed by atoms with Crippen molar-refractivity contribution in [2.24, 2.45) is 11.8 Å². The van der Waals surface area contributed by atoms with Gasteiger partial charge in [0.2, 0.25) is 0 Å². The molecule has 0 aromatic heterocycles. The maximum absolute atomic E-state index is 8.96. The number of quaternary nitrogens is 1. The molecule has 1 saturated carbocycles. The van der Waals surface area contributed by atoms with E-state index in [1.807, 2.05) is 0 Å². The molecule has 0 spiro atoms. The van der Waals surface area contributed by atoms with Gasteiger partial charge in [0.25, 0.3) is 0 Å². The maximum Gasteiger partial charge on any atom is 0.0916 e. The zero-order chi connectivity index (χ0) is 15.4. The van der Waals surface area contributed by atoms with Crippen molar-refractivity contribution in [1.82, 2.24) is 4.90 Å². The molecule has 22 heavy (non-hydrogen) atoms. The number of nitrogens with two attached hydrogens (primary N) is 1. The van der Waals surface area contributed by atoms with E-state index in [1.54, 1.807) is 0 Å². The summed E-state index contributed by atoms with van der Waals surface area (Å²) in [5.41, 5.74) is 0. The number of likely N-dealkylation sites (tertiary alicyclic amines) is 1. The van der Waals surface area contributed by atoms with Gasteiger partial charge in [0.1, 0.15) is 0 Å². The summed E-state index contributed by atoms with van der Waals surface area (Å²) in [5, 5.41) is 18.5. The Morgan fingerprint density at radius 2 is 2.18 bits per heavy atom. The molecule has 3 rings (SSSR count). The van der Waals surface area contributed by atoms with Gasteiger partial charge in [-0.3, -0.25) is 4.90 Å². The van der Waals surface area contributed by atoms with E-state index in [1.165, 1.54) is 38.6 Å². The largest absolute Gasteiger partial charge is 0.378 e. The fourth-order valence-electron chi connectivity index (χ4n) is 5.07. The Morgan fingerprint density at radius 3 is 3.00 bits per heavy atom. The monoisotopic (exact) mass is 305 g/mol. The highest BCUT2D eigenvalue weighted by molar-refractivity contribution is 5.52. The van der Waals surface area contributed by atoms with Crippen molar-refractivity contribution in [3.8, 4) is 6.07 Å². The van der Waals surface area contributed by atoms with Crippen LogP contribution >= 0.6 is 0 Å². The second kappa shape index (κ2) is 7.54. The first-order valence-electron chi connectivity index (χ1n) is 8.90. The van der Waals surface area contributed by atoms with Gasteiger partial charge in [-0.1, -0.05) is 0 Å². The predicted molar refractivity (Wildman–Crippen MR) is 84.8 cm³/mol. The van der Waals surface area contributed by atoms with Gasteiger partial charge in [0.15, 0.2) is 0 Å². The smallest absolute Gasteiger partial charge is 0.0916 e. The highest BCUT2D eigenvalue weighted by atomic mass is 16.5. The topological polar surface area (TPSA) is 76.7 Å². The number of rotatable bonds is 6. The number of hydrogen-bond donors (Lipinski definition) is 2. The van der Waals surface area contributed by atoms with Crippen molar-refractivity contribution in [2.75, 3.05) is 26.2 Å². The van der Waals surface area contributed by atoms with Crippen LogP contribution in [0.25, 0.3) is 0 Å². The van der Waals surface area contributed by atoms with Crippen LogP contribution in [0.2, 0.25) is 0 Å². The molecular formula is C17H29N4O+. The Morgan fingerprint density at radius 1 is 1.27 bits per heavy atom. The van der Waals surface area contributed by atoms with Gasteiger partial charge < -0.3 is 15.5 Å². The van der Waals surface area contributed by atoms with Crippen LogP contribution in [0.5, 0.6) is 0 Å². The van der Waals surface area contributed by atoms with Crippen LogP contribution in [-0.2, 0) is 4.74 Å². The van der Waals surface area contributed by atoms with Gasteiger partial charge in [0, 0.05) is 31.8 Å². The lowest BCUT2D eigenvalue weighted by Crippen LogP contribution is -2.89. The van der Waals surface area contributed by atoms with Crippen molar-refractivity contribution >= 4 is 6.21 Å². The van der Waals surface area contributed by atoms with E-state index >= 15 is 0 Å².